The van der Waals surface area contributed by atoms with Crippen LogP contribution in [0.4, 0.5) is 18.0 Å². The van der Waals surface area contributed by atoms with Gasteiger partial charge in [-0.15, -0.1) is 0 Å². The molecule has 2 rings (SSSR count). The number of carbonyl (C=O) groups excluding carboxylic acids is 1. The highest BCUT2D eigenvalue weighted by atomic mass is 127. The van der Waals surface area contributed by atoms with Crippen LogP contribution < -0.4 is 5.73 Å². The predicted octanol–water partition coefficient (Wildman–Crippen LogP) is 2.82. The lowest BCUT2D eigenvalue weighted by molar-refractivity contribution is -0.137. The van der Waals surface area contributed by atoms with Crippen molar-refractivity contribution in [3.8, 4) is 0 Å². The maximum atomic E-state index is 11.9. The van der Waals surface area contributed by atoms with Gasteiger partial charge in [0, 0.05) is 17.2 Å². The van der Waals surface area contributed by atoms with Gasteiger partial charge in [0.25, 0.3) is 0 Å². The van der Waals surface area contributed by atoms with Crippen molar-refractivity contribution in [1.29, 1.82) is 0 Å². The standard InChI is InChI=1S/C7H4F3I.C5H10N2O2.H2S/c8-7(9,10)5-1-3-6(11)4-2-5;1-7-3-4(2-6)9-5(7)8;/h1-4H;4H,2-3,6H2,1H3;1H2/t;4-;/m.0./s1. The summed E-state index contributed by atoms with van der Waals surface area (Å²) in [5.41, 5.74) is 4.66. The van der Waals surface area contributed by atoms with Gasteiger partial charge in [0.1, 0.15) is 6.10 Å². The van der Waals surface area contributed by atoms with Crippen molar-refractivity contribution in [2.24, 2.45) is 5.73 Å². The number of hydrogen-bond acceptors (Lipinski definition) is 3. The molecule has 1 atom stereocenters. The average molecular weight is 436 g/mol. The van der Waals surface area contributed by atoms with E-state index in [9.17, 15) is 18.0 Å². The summed E-state index contributed by atoms with van der Waals surface area (Å²) in [7, 11) is 1.69. The van der Waals surface area contributed by atoms with Gasteiger partial charge in [-0.1, -0.05) is 0 Å². The number of hydrogen-bond donors (Lipinski definition) is 1. The highest BCUT2D eigenvalue weighted by molar-refractivity contribution is 14.1. The first-order valence-corrected chi connectivity index (χ1v) is 6.76. The highest BCUT2D eigenvalue weighted by Crippen LogP contribution is 2.29. The average Bonchev–Trinajstić information content (AvgIpc) is 2.69. The monoisotopic (exact) mass is 436 g/mol. The van der Waals surface area contributed by atoms with Crippen molar-refractivity contribution in [3.05, 3.63) is 33.4 Å². The Balaban J connectivity index is 0.000000370. The van der Waals surface area contributed by atoms with E-state index in [-0.39, 0.29) is 25.7 Å². The quantitative estimate of drug-likeness (QED) is 0.690. The van der Waals surface area contributed by atoms with E-state index in [1.165, 1.54) is 17.0 Å². The van der Waals surface area contributed by atoms with Gasteiger partial charge in [-0.3, -0.25) is 0 Å². The van der Waals surface area contributed by atoms with Crippen molar-refractivity contribution in [2.45, 2.75) is 12.3 Å². The molecule has 0 unspecified atom stereocenters. The number of rotatable bonds is 1. The van der Waals surface area contributed by atoms with Gasteiger partial charge in [0.05, 0.1) is 12.1 Å². The van der Waals surface area contributed by atoms with Crippen LogP contribution in [-0.4, -0.2) is 37.2 Å². The van der Waals surface area contributed by atoms with Crippen molar-refractivity contribution < 1.29 is 22.7 Å². The fraction of sp³-hybridized carbons (Fsp3) is 0.417. The minimum Gasteiger partial charge on any atom is -0.443 e. The number of alkyl halides is 3. The largest absolute Gasteiger partial charge is 0.443 e. The Kier molecular flexibility index (Phi) is 8.41. The lowest BCUT2D eigenvalue weighted by Gasteiger charge is -2.04. The summed E-state index contributed by atoms with van der Waals surface area (Å²) in [6.45, 7) is 1.03. The first-order valence-electron chi connectivity index (χ1n) is 5.68. The third kappa shape index (κ3) is 6.74. The summed E-state index contributed by atoms with van der Waals surface area (Å²) in [5, 5.41) is 0. The number of amides is 1. The first-order chi connectivity index (χ1) is 9.24. The molecule has 4 nitrogen and oxygen atoms in total. The van der Waals surface area contributed by atoms with Crippen LogP contribution in [0.1, 0.15) is 5.56 Å². The topological polar surface area (TPSA) is 55.6 Å². The van der Waals surface area contributed by atoms with Crippen molar-refractivity contribution in [2.75, 3.05) is 20.1 Å². The Morgan fingerprint density at radius 2 is 1.90 bits per heavy atom. The van der Waals surface area contributed by atoms with Gasteiger partial charge in [-0.05, 0) is 46.9 Å². The molecular formula is C12H16F3IN2O2S. The SMILES string of the molecule is CN1C[C@H](CN)OC1=O.FC(F)(F)c1ccc(I)cc1.S. The Morgan fingerprint density at radius 1 is 1.38 bits per heavy atom. The molecule has 0 aliphatic carbocycles. The van der Waals surface area contributed by atoms with E-state index < -0.39 is 11.7 Å². The van der Waals surface area contributed by atoms with E-state index in [1.807, 2.05) is 22.6 Å². The molecule has 0 saturated carbocycles. The fourth-order valence-corrected chi connectivity index (χ4v) is 1.77. The van der Waals surface area contributed by atoms with Crippen LogP contribution in [0, 0.1) is 3.57 Å². The Labute approximate surface area is 141 Å². The second kappa shape index (κ2) is 8.69. The summed E-state index contributed by atoms with van der Waals surface area (Å²) >= 11 is 1.96. The molecule has 21 heavy (non-hydrogen) atoms. The zero-order valence-corrected chi connectivity index (χ0v) is 14.3. The molecule has 1 aliphatic heterocycles. The second-order valence-corrected chi connectivity index (χ2v) is 5.37. The van der Waals surface area contributed by atoms with Gasteiger partial charge < -0.3 is 15.4 Å². The normalized spacial score (nSPS) is 17.5. The molecule has 1 aromatic rings. The Bertz CT molecular complexity index is 457. The molecule has 120 valence electrons. The van der Waals surface area contributed by atoms with E-state index in [4.69, 9.17) is 10.5 Å². The molecule has 1 saturated heterocycles. The van der Waals surface area contributed by atoms with Crippen LogP contribution in [0.2, 0.25) is 0 Å². The molecule has 0 bridgehead atoms. The van der Waals surface area contributed by atoms with Gasteiger partial charge in [-0.2, -0.15) is 26.7 Å². The molecule has 2 N–H and O–H groups in total. The number of benzene rings is 1. The third-order valence-electron chi connectivity index (χ3n) is 2.49. The maximum absolute atomic E-state index is 11.9. The number of nitrogens with two attached hydrogens (primary N) is 1. The van der Waals surface area contributed by atoms with E-state index in [0.29, 0.717) is 13.1 Å². The number of cyclic esters (lactones) is 1. The summed E-state index contributed by atoms with van der Waals surface area (Å²) in [4.78, 5) is 12.1. The van der Waals surface area contributed by atoms with Gasteiger partial charge in [0.2, 0.25) is 0 Å². The number of ether oxygens (including phenoxy) is 1. The second-order valence-electron chi connectivity index (χ2n) is 4.13. The van der Waals surface area contributed by atoms with Crippen LogP contribution in [-0.2, 0) is 10.9 Å². The summed E-state index contributed by atoms with van der Waals surface area (Å²) in [6, 6.07) is 5.01. The van der Waals surface area contributed by atoms with Gasteiger partial charge >= 0.3 is 12.3 Å². The van der Waals surface area contributed by atoms with E-state index >= 15 is 0 Å². The molecule has 1 heterocycles. The molecule has 1 aliphatic rings. The number of nitrogens with zero attached hydrogens (tertiary/aromatic N) is 1. The third-order valence-corrected chi connectivity index (χ3v) is 3.21. The van der Waals surface area contributed by atoms with Crippen LogP contribution >= 0.6 is 36.1 Å². The maximum Gasteiger partial charge on any atom is 0.416 e. The molecule has 1 fully saturated rings. The van der Waals surface area contributed by atoms with Crippen molar-refractivity contribution >= 4 is 42.2 Å². The molecule has 0 aromatic heterocycles. The van der Waals surface area contributed by atoms with E-state index in [2.05, 4.69) is 0 Å². The smallest absolute Gasteiger partial charge is 0.416 e. The number of halogens is 4. The lowest BCUT2D eigenvalue weighted by atomic mass is 10.2. The summed E-state index contributed by atoms with van der Waals surface area (Å²) in [6.07, 6.45) is -4.59. The molecular weight excluding hydrogens is 420 g/mol. The Morgan fingerprint density at radius 3 is 2.19 bits per heavy atom. The summed E-state index contributed by atoms with van der Waals surface area (Å²) in [5.74, 6) is 0. The van der Waals surface area contributed by atoms with Crippen LogP contribution in [0.25, 0.3) is 0 Å². The Hall–Kier alpha value is -0.680. The zero-order valence-electron chi connectivity index (χ0n) is 11.2. The highest BCUT2D eigenvalue weighted by Gasteiger charge is 2.29. The van der Waals surface area contributed by atoms with Gasteiger partial charge in [0.15, 0.2) is 0 Å². The molecule has 0 spiro atoms. The number of likely N-dealkylation sites (N-methyl/N-ethyl adjacent to an activating group) is 1. The van der Waals surface area contributed by atoms with Gasteiger partial charge in [-0.25, -0.2) is 4.79 Å². The van der Waals surface area contributed by atoms with Crippen LogP contribution in [0.5, 0.6) is 0 Å². The zero-order chi connectivity index (χ0) is 15.3. The number of carbonyl (C=O) groups is 1. The van der Waals surface area contributed by atoms with E-state index in [0.717, 1.165) is 15.7 Å². The van der Waals surface area contributed by atoms with Crippen LogP contribution in [0.15, 0.2) is 24.3 Å². The first kappa shape index (κ1) is 20.3. The molecule has 1 amide bonds. The molecule has 0 radical (unpaired) electrons. The minimum absolute atomic E-state index is 0. The van der Waals surface area contributed by atoms with Crippen LogP contribution in [0.3, 0.4) is 0 Å². The van der Waals surface area contributed by atoms with Crippen molar-refractivity contribution in [1.82, 2.24) is 4.90 Å². The van der Waals surface area contributed by atoms with E-state index in [1.54, 1.807) is 7.05 Å². The fourth-order valence-electron chi connectivity index (χ4n) is 1.41. The lowest BCUT2D eigenvalue weighted by Crippen LogP contribution is -2.24. The van der Waals surface area contributed by atoms with Crippen molar-refractivity contribution in [3.63, 3.8) is 0 Å². The minimum atomic E-state index is -4.22. The summed E-state index contributed by atoms with van der Waals surface area (Å²) < 4.78 is 41.3. The molecule has 9 heteroatoms. The predicted molar refractivity (Wildman–Crippen MR) is 86.5 cm³/mol. The molecule has 1 aromatic carbocycles.